The van der Waals surface area contributed by atoms with Gasteiger partial charge in [-0.15, -0.1) is 0 Å². The van der Waals surface area contributed by atoms with Crippen LogP contribution in [0.3, 0.4) is 0 Å². The van der Waals surface area contributed by atoms with Crippen molar-refractivity contribution >= 4 is 23.5 Å². The number of benzene rings is 3. The number of ether oxygens (including phenoxy) is 2. The average Bonchev–Trinajstić information content (AvgIpc) is 2.84. The predicted octanol–water partition coefficient (Wildman–Crippen LogP) is 4.17. The van der Waals surface area contributed by atoms with Crippen molar-refractivity contribution < 1.29 is 24.1 Å². The summed E-state index contributed by atoms with van der Waals surface area (Å²) < 4.78 is 11.5. The molecule has 11 nitrogen and oxygen atoms in total. The number of rotatable bonds is 11. The van der Waals surface area contributed by atoms with Crippen LogP contribution in [0, 0.1) is 20.2 Å². The second-order valence-electron chi connectivity index (χ2n) is 7.24. The number of non-ortho nitro benzene ring substituents is 2. The van der Waals surface area contributed by atoms with Gasteiger partial charge in [0.05, 0.1) is 29.1 Å². The Morgan fingerprint density at radius 1 is 0.886 bits per heavy atom. The van der Waals surface area contributed by atoms with E-state index in [2.05, 4.69) is 10.5 Å². The maximum Gasteiger partial charge on any atom is 0.269 e. The highest BCUT2D eigenvalue weighted by Crippen LogP contribution is 2.29. The molecule has 0 aliphatic rings. The van der Waals surface area contributed by atoms with Gasteiger partial charge in [0.1, 0.15) is 6.61 Å². The monoisotopic (exact) mass is 478 g/mol. The first kappa shape index (κ1) is 24.8. The number of hydrazone groups is 1. The lowest BCUT2D eigenvalue weighted by Gasteiger charge is -2.12. The Labute approximate surface area is 200 Å². The summed E-state index contributed by atoms with van der Waals surface area (Å²) in [6.07, 6.45) is 1.48. The van der Waals surface area contributed by atoms with E-state index in [1.54, 1.807) is 30.3 Å². The second-order valence-corrected chi connectivity index (χ2v) is 7.24. The third-order valence-electron chi connectivity index (χ3n) is 4.72. The number of nitro benzene ring substituents is 2. The molecule has 0 heterocycles. The zero-order valence-electron chi connectivity index (χ0n) is 18.7. The zero-order chi connectivity index (χ0) is 25.2. The quantitative estimate of drug-likeness (QED) is 0.247. The highest BCUT2D eigenvalue weighted by molar-refractivity contribution is 5.84. The number of carbonyl (C=O) groups is 1. The number of nitrogens with one attached hydrogen (secondary N) is 1. The lowest BCUT2D eigenvalue weighted by atomic mass is 10.1. The Morgan fingerprint density at radius 2 is 1.49 bits per heavy atom. The van der Waals surface area contributed by atoms with Gasteiger partial charge in [-0.3, -0.25) is 25.0 Å². The average molecular weight is 478 g/mol. The molecule has 0 saturated carbocycles. The van der Waals surface area contributed by atoms with Crippen LogP contribution in [-0.4, -0.2) is 28.6 Å². The van der Waals surface area contributed by atoms with Crippen molar-refractivity contribution in [3.63, 3.8) is 0 Å². The Hall–Kier alpha value is -4.80. The Bertz CT molecular complexity index is 1230. The molecular weight excluding hydrogens is 456 g/mol. The van der Waals surface area contributed by atoms with Crippen molar-refractivity contribution in [2.24, 2.45) is 5.10 Å². The molecule has 11 heteroatoms. The van der Waals surface area contributed by atoms with Gasteiger partial charge in [-0.2, -0.15) is 5.10 Å². The van der Waals surface area contributed by atoms with Gasteiger partial charge in [0.25, 0.3) is 11.4 Å². The molecule has 1 N–H and O–H groups in total. The first-order valence-electron chi connectivity index (χ1n) is 10.5. The van der Waals surface area contributed by atoms with E-state index >= 15 is 0 Å². The summed E-state index contributed by atoms with van der Waals surface area (Å²) in [6, 6.07) is 16.9. The fourth-order valence-electron chi connectivity index (χ4n) is 3.01. The summed E-state index contributed by atoms with van der Waals surface area (Å²) in [6.45, 7) is 2.43. The molecule has 0 aliphatic heterocycles. The molecule has 3 aromatic carbocycles. The van der Waals surface area contributed by atoms with Gasteiger partial charge in [0.2, 0.25) is 5.91 Å². The highest BCUT2D eigenvalue weighted by Gasteiger charge is 2.09. The van der Waals surface area contributed by atoms with Gasteiger partial charge in [0.15, 0.2) is 11.5 Å². The van der Waals surface area contributed by atoms with E-state index < -0.39 is 9.85 Å². The molecule has 3 rings (SSSR count). The van der Waals surface area contributed by atoms with E-state index in [0.717, 1.165) is 5.56 Å². The molecule has 0 aliphatic carbocycles. The molecule has 0 spiro atoms. The van der Waals surface area contributed by atoms with Crippen LogP contribution in [0.5, 0.6) is 11.5 Å². The summed E-state index contributed by atoms with van der Waals surface area (Å²) in [7, 11) is 0. The summed E-state index contributed by atoms with van der Waals surface area (Å²) in [4.78, 5) is 32.6. The van der Waals surface area contributed by atoms with Gasteiger partial charge < -0.3 is 9.47 Å². The van der Waals surface area contributed by atoms with Crippen LogP contribution >= 0.6 is 0 Å². The molecular formula is C24H22N4O7. The number of hydrogen-bond donors (Lipinski definition) is 1. The Morgan fingerprint density at radius 3 is 2.06 bits per heavy atom. The maximum absolute atomic E-state index is 12.1. The number of nitro groups is 2. The van der Waals surface area contributed by atoms with Crippen molar-refractivity contribution in [1.82, 2.24) is 5.43 Å². The molecule has 180 valence electrons. The van der Waals surface area contributed by atoms with E-state index in [-0.39, 0.29) is 30.3 Å². The predicted molar refractivity (Wildman–Crippen MR) is 128 cm³/mol. The minimum Gasteiger partial charge on any atom is -0.490 e. The van der Waals surface area contributed by atoms with Crippen LogP contribution < -0.4 is 14.9 Å². The Balaban J connectivity index is 1.58. The third-order valence-corrected chi connectivity index (χ3v) is 4.72. The van der Waals surface area contributed by atoms with Gasteiger partial charge in [-0.1, -0.05) is 12.1 Å². The van der Waals surface area contributed by atoms with Crippen molar-refractivity contribution in [2.75, 3.05) is 6.61 Å². The van der Waals surface area contributed by atoms with Crippen molar-refractivity contribution in [3.8, 4) is 11.5 Å². The number of carbonyl (C=O) groups excluding carboxylic acids is 1. The molecule has 0 aromatic heterocycles. The molecule has 0 bridgehead atoms. The maximum atomic E-state index is 12.1. The number of amides is 1. The topological polar surface area (TPSA) is 146 Å². The minimum absolute atomic E-state index is 0.00669. The molecule has 35 heavy (non-hydrogen) atoms. The molecule has 3 aromatic rings. The lowest BCUT2D eigenvalue weighted by molar-refractivity contribution is -0.385. The zero-order valence-corrected chi connectivity index (χ0v) is 18.7. The van der Waals surface area contributed by atoms with E-state index in [4.69, 9.17) is 9.47 Å². The minimum atomic E-state index is -0.503. The van der Waals surface area contributed by atoms with Crippen molar-refractivity contribution in [1.29, 1.82) is 0 Å². The van der Waals surface area contributed by atoms with E-state index in [0.29, 0.717) is 29.2 Å². The van der Waals surface area contributed by atoms with Crippen LogP contribution in [0.25, 0.3) is 0 Å². The number of nitrogens with zero attached hydrogens (tertiary/aromatic N) is 3. The van der Waals surface area contributed by atoms with Gasteiger partial charge in [-0.25, -0.2) is 5.43 Å². The fraction of sp³-hybridized carbons (Fsp3) is 0.167. The van der Waals surface area contributed by atoms with E-state index in [1.807, 2.05) is 6.92 Å². The third kappa shape index (κ3) is 7.35. The molecule has 0 fully saturated rings. The number of hydrogen-bond acceptors (Lipinski definition) is 8. The van der Waals surface area contributed by atoms with Crippen molar-refractivity contribution in [3.05, 3.63) is 104 Å². The van der Waals surface area contributed by atoms with Crippen LogP contribution in [0.15, 0.2) is 71.8 Å². The van der Waals surface area contributed by atoms with Crippen LogP contribution in [0.2, 0.25) is 0 Å². The molecule has 0 radical (unpaired) electrons. The SMILES string of the molecule is CCOc1cc(/C=N\NC(=O)Cc2ccc([N+](=O)[O-])cc2)ccc1OCc1ccc([N+](=O)[O-])cc1. The molecule has 0 atom stereocenters. The van der Waals surface area contributed by atoms with Crippen LogP contribution in [0.1, 0.15) is 23.6 Å². The van der Waals surface area contributed by atoms with Gasteiger partial charge in [0, 0.05) is 24.3 Å². The largest absolute Gasteiger partial charge is 0.490 e. The highest BCUT2D eigenvalue weighted by atomic mass is 16.6. The van der Waals surface area contributed by atoms with Crippen LogP contribution in [0.4, 0.5) is 11.4 Å². The molecule has 0 saturated heterocycles. The summed E-state index contributed by atoms with van der Waals surface area (Å²) in [5, 5.41) is 25.4. The lowest BCUT2D eigenvalue weighted by Crippen LogP contribution is -2.19. The molecule has 1 amide bonds. The van der Waals surface area contributed by atoms with Crippen molar-refractivity contribution in [2.45, 2.75) is 20.0 Å². The summed E-state index contributed by atoms with van der Waals surface area (Å²) in [5.41, 5.74) is 4.43. The van der Waals surface area contributed by atoms with Gasteiger partial charge >= 0.3 is 0 Å². The fourth-order valence-corrected chi connectivity index (χ4v) is 3.01. The summed E-state index contributed by atoms with van der Waals surface area (Å²) >= 11 is 0. The first-order chi connectivity index (χ1) is 16.9. The van der Waals surface area contributed by atoms with E-state index in [1.165, 1.54) is 42.6 Å². The first-order valence-corrected chi connectivity index (χ1v) is 10.5. The van der Waals surface area contributed by atoms with Gasteiger partial charge in [-0.05, 0) is 53.9 Å². The van der Waals surface area contributed by atoms with Crippen LogP contribution in [-0.2, 0) is 17.8 Å². The molecule has 0 unspecified atom stereocenters. The normalized spacial score (nSPS) is 10.7. The smallest absolute Gasteiger partial charge is 0.269 e. The second kappa shape index (κ2) is 11.9. The summed E-state index contributed by atoms with van der Waals surface area (Å²) in [5.74, 6) is 0.600. The standard InChI is InChI=1S/C24H22N4O7/c1-2-34-23-13-19(7-12-22(23)35-16-18-5-10-21(11-6-18)28(32)33)15-25-26-24(29)14-17-3-8-20(9-4-17)27(30)31/h3-13,15H,2,14,16H2,1H3,(H,26,29)/b25-15-. The Kier molecular flexibility index (Phi) is 8.43. The van der Waals surface area contributed by atoms with E-state index in [9.17, 15) is 25.0 Å².